The van der Waals surface area contributed by atoms with Crippen LogP contribution in [0.15, 0.2) is 64.6 Å². The van der Waals surface area contributed by atoms with Gasteiger partial charge in [0.1, 0.15) is 18.0 Å². The first-order chi connectivity index (χ1) is 19.7. The Hall–Kier alpha value is -4.38. The Kier molecular flexibility index (Phi) is 9.61. The minimum absolute atomic E-state index is 0.0451. The van der Waals surface area contributed by atoms with Gasteiger partial charge in [-0.3, -0.25) is 19.8 Å². The number of nitrogens with one attached hydrogen (secondary N) is 1. The molecular weight excluding hydrogens is 599 g/mol. The highest BCUT2D eigenvalue weighted by atomic mass is 79.9. The fourth-order valence-corrected chi connectivity index (χ4v) is 4.63. The molecule has 0 spiro atoms. The molecule has 3 aromatic carbocycles. The summed E-state index contributed by atoms with van der Waals surface area (Å²) in [6.07, 6.45) is 2.18. The first kappa shape index (κ1) is 29.6. The van der Waals surface area contributed by atoms with Crippen molar-refractivity contribution >= 4 is 39.9 Å². The molecule has 41 heavy (non-hydrogen) atoms. The lowest BCUT2D eigenvalue weighted by Gasteiger charge is -2.26. The lowest BCUT2D eigenvalue weighted by atomic mass is 10.1. The Bertz CT molecular complexity index is 1510. The summed E-state index contributed by atoms with van der Waals surface area (Å²) in [5, 5.41) is 2.22. The number of rotatable bonds is 11. The monoisotopic (exact) mass is 626 g/mol. The first-order valence-corrected chi connectivity index (χ1v) is 13.5. The highest BCUT2D eigenvalue weighted by Crippen LogP contribution is 2.38. The average molecular weight is 627 g/mol. The van der Waals surface area contributed by atoms with Crippen LogP contribution in [0.5, 0.6) is 23.0 Å². The maximum absolute atomic E-state index is 14.0. The van der Waals surface area contributed by atoms with Crippen LogP contribution in [0.3, 0.4) is 0 Å². The van der Waals surface area contributed by atoms with Crippen molar-refractivity contribution in [2.75, 3.05) is 20.8 Å². The van der Waals surface area contributed by atoms with E-state index in [1.54, 1.807) is 48.5 Å². The molecular formula is C30H28BrFN2O7. The molecule has 4 amide bonds. The summed E-state index contributed by atoms with van der Waals surface area (Å²) in [6.45, 7) is 2.35. The van der Waals surface area contributed by atoms with E-state index in [0.717, 1.165) is 11.3 Å². The normalized spacial score (nSPS) is 14.2. The van der Waals surface area contributed by atoms with Crippen molar-refractivity contribution in [1.29, 1.82) is 0 Å². The minimum Gasteiger partial charge on any atom is -0.493 e. The molecule has 1 fully saturated rings. The van der Waals surface area contributed by atoms with E-state index in [1.807, 2.05) is 6.92 Å². The predicted octanol–water partition coefficient (Wildman–Crippen LogP) is 5.64. The molecule has 0 saturated carbocycles. The van der Waals surface area contributed by atoms with Crippen LogP contribution in [0.4, 0.5) is 9.18 Å². The molecule has 3 aromatic rings. The highest BCUT2D eigenvalue weighted by molar-refractivity contribution is 9.10. The van der Waals surface area contributed by atoms with Crippen LogP contribution >= 0.6 is 15.9 Å². The summed E-state index contributed by atoms with van der Waals surface area (Å²) in [6, 6.07) is 13.7. The number of hydrogen-bond acceptors (Lipinski definition) is 7. The van der Waals surface area contributed by atoms with Crippen molar-refractivity contribution in [3.8, 4) is 23.0 Å². The van der Waals surface area contributed by atoms with Crippen LogP contribution in [0.25, 0.3) is 6.08 Å². The molecule has 1 aliphatic heterocycles. The van der Waals surface area contributed by atoms with Gasteiger partial charge >= 0.3 is 6.03 Å². The molecule has 1 aliphatic rings. The van der Waals surface area contributed by atoms with E-state index < -0.39 is 23.7 Å². The molecule has 11 heteroatoms. The van der Waals surface area contributed by atoms with Gasteiger partial charge in [0.05, 0.1) is 31.8 Å². The zero-order valence-corrected chi connectivity index (χ0v) is 24.2. The number of urea groups is 1. The number of barbiturate groups is 1. The van der Waals surface area contributed by atoms with Crippen molar-refractivity contribution < 1.29 is 37.7 Å². The fraction of sp³-hybridized carbons (Fsp3) is 0.233. The Morgan fingerprint density at radius 3 is 2.41 bits per heavy atom. The molecule has 0 bridgehead atoms. The van der Waals surface area contributed by atoms with E-state index in [-0.39, 0.29) is 24.5 Å². The number of ether oxygens (including phenoxy) is 4. The second-order valence-corrected chi connectivity index (χ2v) is 9.81. The van der Waals surface area contributed by atoms with Gasteiger partial charge in [0.25, 0.3) is 11.8 Å². The SMILES string of the molecule is CCCOc1ccc(CN2C(=O)NC(=O)/C(=C\c3cc(Br)c(OCc4ccccc4F)c(OC)c3)C2=O)cc1OC. The number of nitrogens with zero attached hydrogens (tertiary/aromatic N) is 1. The second kappa shape index (κ2) is 13.3. The fourth-order valence-electron chi connectivity index (χ4n) is 4.06. The van der Waals surface area contributed by atoms with Crippen molar-refractivity contribution in [2.24, 2.45) is 0 Å². The lowest BCUT2D eigenvalue weighted by molar-refractivity contribution is -0.130. The number of carbonyl (C=O) groups is 3. The number of methoxy groups -OCH3 is 2. The third kappa shape index (κ3) is 6.86. The van der Waals surface area contributed by atoms with Crippen LogP contribution < -0.4 is 24.3 Å². The molecule has 0 unspecified atom stereocenters. The zero-order valence-electron chi connectivity index (χ0n) is 22.7. The zero-order chi connectivity index (χ0) is 29.5. The van der Waals surface area contributed by atoms with Gasteiger partial charge < -0.3 is 18.9 Å². The molecule has 214 valence electrons. The van der Waals surface area contributed by atoms with E-state index in [9.17, 15) is 18.8 Å². The summed E-state index contributed by atoms with van der Waals surface area (Å²) in [4.78, 5) is 39.6. The van der Waals surface area contributed by atoms with E-state index in [4.69, 9.17) is 18.9 Å². The van der Waals surface area contributed by atoms with Crippen molar-refractivity contribution in [1.82, 2.24) is 10.2 Å². The Morgan fingerprint density at radius 2 is 1.71 bits per heavy atom. The summed E-state index contributed by atoms with van der Waals surface area (Å²) in [7, 11) is 2.93. The maximum Gasteiger partial charge on any atom is 0.331 e. The highest BCUT2D eigenvalue weighted by Gasteiger charge is 2.36. The Balaban J connectivity index is 1.57. The third-order valence-corrected chi connectivity index (χ3v) is 6.70. The largest absolute Gasteiger partial charge is 0.493 e. The Morgan fingerprint density at radius 1 is 0.951 bits per heavy atom. The van der Waals surface area contributed by atoms with Gasteiger partial charge in [0, 0.05) is 5.56 Å². The first-order valence-electron chi connectivity index (χ1n) is 12.7. The predicted molar refractivity (Wildman–Crippen MR) is 152 cm³/mol. The summed E-state index contributed by atoms with van der Waals surface area (Å²) in [5.41, 5.74) is 1.15. The second-order valence-electron chi connectivity index (χ2n) is 8.96. The molecule has 0 aliphatic carbocycles. The van der Waals surface area contributed by atoms with Crippen LogP contribution in [-0.2, 0) is 22.7 Å². The van der Waals surface area contributed by atoms with E-state index in [0.29, 0.717) is 45.0 Å². The number of amides is 4. The molecule has 9 nitrogen and oxygen atoms in total. The lowest BCUT2D eigenvalue weighted by Crippen LogP contribution is -2.53. The smallest absolute Gasteiger partial charge is 0.331 e. The average Bonchev–Trinajstić information content (AvgIpc) is 2.96. The van der Waals surface area contributed by atoms with E-state index in [1.165, 1.54) is 26.4 Å². The van der Waals surface area contributed by atoms with Gasteiger partial charge in [0.15, 0.2) is 23.0 Å². The van der Waals surface area contributed by atoms with Gasteiger partial charge in [0.2, 0.25) is 0 Å². The van der Waals surface area contributed by atoms with Crippen molar-refractivity contribution in [2.45, 2.75) is 26.5 Å². The number of hydrogen-bond donors (Lipinski definition) is 1. The Labute approximate surface area is 245 Å². The summed E-state index contributed by atoms with van der Waals surface area (Å²) in [5.74, 6) is -0.382. The number of halogens is 2. The van der Waals surface area contributed by atoms with Crippen LogP contribution in [0, 0.1) is 5.82 Å². The number of benzene rings is 3. The van der Waals surface area contributed by atoms with E-state index in [2.05, 4.69) is 21.2 Å². The quantitative estimate of drug-likeness (QED) is 0.217. The molecule has 1 N–H and O–H groups in total. The molecule has 1 saturated heterocycles. The van der Waals surface area contributed by atoms with Gasteiger partial charge in [-0.05, 0) is 69.9 Å². The maximum atomic E-state index is 14.0. The third-order valence-electron chi connectivity index (χ3n) is 6.11. The minimum atomic E-state index is -0.835. The van der Waals surface area contributed by atoms with Gasteiger partial charge in [-0.1, -0.05) is 31.2 Å². The van der Waals surface area contributed by atoms with Gasteiger partial charge in [-0.2, -0.15) is 0 Å². The molecule has 0 atom stereocenters. The van der Waals surface area contributed by atoms with Crippen LogP contribution in [0.2, 0.25) is 0 Å². The van der Waals surface area contributed by atoms with Gasteiger partial charge in [-0.15, -0.1) is 0 Å². The number of carbonyl (C=O) groups excluding carboxylic acids is 3. The summed E-state index contributed by atoms with van der Waals surface area (Å²) >= 11 is 3.43. The summed E-state index contributed by atoms with van der Waals surface area (Å²) < 4.78 is 36.8. The van der Waals surface area contributed by atoms with Crippen molar-refractivity contribution in [3.05, 3.63) is 87.2 Å². The van der Waals surface area contributed by atoms with Crippen LogP contribution in [-0.4, -0.2) is 43.6 Å². The molecule has 0 aromatic heterocycles. The van der Waals surface area contributed by atoms with Gasteiger partial charge in [-0.25, -0.2) is 9.18 Å². The molecule has 1 heterocycles. The van der Waals surface area contributed by atoms with E-state index >= 15 is 0 Å². The standard InChI is InChI=1S/C30H28BrFN2O7/c1-4-11-40-24-10-9-18(14-25(24)38-2)16-34-29(36)21(28(35)33-30(34)37)12-19-13-22(31)27(26(15-19)39-3)41-17-20-7-5-6-8-23(20)32/h5-10,12-15H,4,11,16-17H2,1-3H3,(H,33,35,37)/b21-12+. The number of imide groups is 2. The molecule has 0 radical (unpaired) electrons. The molecule has 4 rings (SSSR count). The topological polar surface area (TPSA) is 103 Å². The van der Waals surface area contributed by atoms with Crippen LogP contribution in [0.1, 0.15) is 30.0 Å². The van der Waals surface area contributed by atoms with Crippen molar-refractivity contribution in [3.63, 3.8) is 0 Å².